The molecule has 1 N–H and O–H groups in total. The molecule has 0 bridgehead atoms. The van der Waals surface area contributed by atoms with Gasteiger partial charge in [0.2, 0.25) is 5.91 Å². The van der Waals surface area contributed by atoms with Crippen molar-refractivity contribution in [3.05, 3.63) is 47.8 Å². The molecule has 160 valence electrons. The summed E-state index contributed by atoms with van der Waals surface area (Å²) in [6.45, 7) is 1.75. The van der Waals surface area contributed by atoms with Crippen molar-refractivity contribution in [2.75, 3.05) is 13.2 Å². The van der Waals surface area contributed by atoms with Crippen molar-refractivity contribution in [1.82, 2.24) is 25.2 Å². The van der Waals surface area contributed by atoms with Crippen LogP contribution in [0.25, 0.3) is 0 Å². The minimum atomic E-state index is -0.165. The molecule has 1 atom stereocenters. The molecule has 2 aromatic rings. The van der Waals surface area contributed by atoms with Gasteiger partial charge in [-0.3, -0.25) is 9.59 Å². The number of nitrogens with zero attached hydrogens (tertiary/aromatic N) is 4. The zero-order valence-corrected chi connectivity index (χ0v) is 17.2. The molecule has 1 aromatic carbocycles. The minimum Gasteiger partial charge on any atom is -0.367 e. The first-order valence-corrected chi connectivity index (χ1v) is 10.8. The van der Waals surface area contributed by atoms with E-state index < -0.39 is 0 Å². The molecule has 1 aromatic heterocycles. The molecule has 30 heavy (non-hydrogen) atoms. The van der Waals surface area contributed by atoms with E-state index in [4.69, 9.17) is 4.74 Å². The van der Waals surface area contributed by atoms with Crippen molar-refractivity contribution in [3.63, 3.8) is 0 Å². The summed E-state index contributed by atoms with van der Waals surface area (Å²) in [5, 5.41) is 11.2. The Labute approximate surface area is 176 Å². The van der Waals surface area contributed by atoms with E-state index in [0.29, 0.717) is 18.8 Å². The fourth-order valence-corrected chi connectivity index (χ4v) is 4.30. The van der Waals surface area contributed by atoms with Crippen molar-refractivity contribution >= 4 is 11.8 Å². The zero-order chi connectivity index (χ0) is 20.8. The highest BCUT2D eigenvalue weighted by Crippen LogP contribution is 2.20. The molecule has 4 rings (SSSR count). The Morgan fingerprint density at radius 2 is 1.90 bits per heavy atom. The first-order valence-electron chi connectivity index (χ1n) is 10.8. The van der Waals surface area contributed by atoms with Gasteiger partial charge in [-0.1, -0.05) is 48.4 Å². The van der Waals surface area contributed by atoms with Crippen LogP contribution in [-0.2, 0) is 22.7 Å². The SMILES string of the molecule is O=C(NC1CCCC1)c1cn(C[C@@H]2CCCN2C(=O)COCc2ccccc2)nn1. The molecule has 8 heteroatoms. The highest BCUT2D eigenvalue weighted by atomic mass is 16.5. The molecule has 8 nitrogen and oxygen atoms in total. The molecule has 0 unspecified atom stereocenters. The fraction of sp³-hybridized carbons (Fsp3) is 0.545. The summed E-state index contributed by atoms with van der Waals surface area (Å²) >= 11 is 0. The van der Waals surface area contributed by atoms with Gasteiger partial charge in [0.25, 0.3) is 5.91 Å². The summed E-state index contributed by atoms with van der Waals surface area (Å²) in [4.78, 5) is 26.9. The number of nitrogens with one attached hydrogen (secondary N) is 1. The van der Waals surface area contributed by atoms with Gasteiger partial charge in [0, 0.05) is 12.6 Å². The van der Waals surface area contributed by atoms with Gasteiger partial charge in [0.1, 0.15) is 6.61 Å². The number of hydrogen-bond donors (Lipinski definition) is 1. The standard InChI is InChI=1S/C22H29N5O3/c28-21(16-30-15-17-7-2-1-3-8-17)27-12-6-11-19(27)13-26-14-20(24-25-26)22(29)23-18-9-4-5-10-18/h1-3,7-8,14,18-19H,4-6,9-13,15-16H2,(H,23,29)/t19-/m0/s1. The second-order valence-corrected chi connectivity index (χ2v) is 8.14. The molecule has 0 radical (unpaired) electrons. The largest absolute Gasteiger partial charge is 0.367 e. The number of benzene rings is 1. The molecule has 1 aliphatic heterocycles. The van der Waals surface area contributed by atoms with Crippen LogP contribution in [0.5, 0.6) is 0 Å². The average molecular weight is 412 g/mol. The molecule has 1 saturated carbocycles. The summed E-state index contributed by atoms with van der Waals surface area (Å²) in [5.74, 6) is -0.172. The van der Waals surface area contributed by atoms with Gasteiger partial charge in [-0.25, -0.2) is 4.68 Å². The van der Waals surface area contributed by atoms with Gasteiger partial charge >= 0.3 is 0 Å². The lowest BCUT2D eigenvalue weighted by Gasteiger charge is -2.24. The van der Waals surface area contributed by atoms with Crippen LogP contribution in [0.4, 0.5) is 0 Å². The van der Waals surface area contributed by atoms with E-state index in [9.17, 15) is 9.59 Å². The lowest BCUT2D eigenvalue weighted by atomic mass is 10.2. The van der Waals surface area contributed by atoms with Crippen molar-refractivity contribution in [1.29, 1.82) is 0 Å². The Morgan fingerprint density at radius 3 is 2.70 bits per heavy atom. The van der Waals surface area contributed by atoms with E-state index in [1.807, 2.05) is 35.2 Å². The lowest BCUT2D eigenvalue weighted by molar-refractivity contribution is -0.137. The van der Waals surface area contributed by atoms with Crippen LogP contribution in [0.1, 0.15) is 54.6 Å². The number of hydrogen-bond acceptors (Lipinski definition) is 5. The van der Waals surface area contributed by atoms with Crippen LogP contribution in [0.2, 0.25) is 0 Å². The fourth-order valence-electron chi connectivity index (χ4n) is 4.30. The summed E-state index contributed by atoms with van der Waals surface area (Å²) < 4.78 is 7.28. The average Bonchev–Trinajstić information content (AvgIpc) is 3.51. The van der Waals surface area contributed by atoms with Crippen LogP contribution < -0.4 is 5.32 Å². The van der Waals surface area contributed by atoms with Crippen LogP contribution >= 0.6 is 0 Å². The molecule has 2 heterocycles. The van der Waals surface area contributed by atoms with Crippen LogP contribution in [0, 0.1) is 0 Å². The number of amides is 2. The summed E-state index contributed by atoms with van der Waals surface area (Å²) in [5.41, 5.74) is 1.39. The Hall–Kier alpha value is -2.74. The Balaban J connectivity index is 1.26. The molecular formula is C22H29N5O3. The lowest BCUT2D eigenvalue weighted by Crippen LogP contribution is -2.40. The number of likely N-dealkylation sites (tertiary alicyclic amines) is 1. The molecule has 2 aliphatic rings. The van der Waals surface area contributed by atoms with Gasteiger partial charge in [-0.05, 0) is 31.2 Å². The molecular weight excluding hydrogens is 382 g/mol. The van der Waals surface area contributed by atoms with Gasteiger partial charge in [0.15, 0.2) is 5.69 Å². The molecule has 2 amide bonds. The second kappa shape index (κ2) is 9.84. The van der Waals surface area contributed by atoms with Gasteiger partial charge in [-0.2, -0.15) is 0 Å². The van der Waals surface area contributed by atoms with Crippen LogP contribution in [-0.4, -0.2) is 56.9 Å². The molecule has 1 aliphatic carbocycles. The molecule has 1 saturated heterocycles. The van der Waals surface area contributed by atoms with Crippen molar-refractivity contribution in [2.45, 2.75) is 63.8 Å². The number of carbonyl (C=O) groups excluding carboxylic acids is 2. The van der Waals surface area contributed by atoms with E-state index in [2.05, 4.69) is 15.6 Å². The Morgan fingerprint density at radius 1 is 1.10 bits per heavy atom. The number of rotatable bonds is 8. The first-order chi connectivity index (χ1) is 14.7. The number of aromatic nitrogens is 3. The van der Waals surface area contributed by atoms with Crippen molar-refractivity contribution < 1.29 is 14.3 Å². The van der Waals surface area contributed by atoms with E-state index in [0.717, 1.165) is 50.6 Å². The maximum Gasteiger partial charge on any atom is 0.273 e. The van der Waals surface area contributed by atoms with Crippen LogP contribution in [0.15, 0.2) is 36.5 Å². The Bertz CT molecular complexity index is 847. The number of ether oxygens (including phenoxy) is 1. The maximum absolute atomic E-state index is 12.6. The normalized spacial score (nSPS) is 19.3. The third-order valence-electron chi connectivity index (χ3n) is 5.89. The third kappa shape index (κ3) is 5.24. The predicted molar refractivity (Wildman–Crippen MR) is 111 cm³/mol. The zero-order valence-electron chi connectivity index (χ0n) is 17.2. The van der Waals surface area contributed by atoms with E-state index >= 15 is 0 Å². The van der Waals surface area contributed by atoms with Gasteiger partial charge < -0.3 is 15.0 Å². The second-order valence-electron chi connectivity index (χ2n) is 8.14. The van der Waals surface area contributed by atoms with Gasteiger partial charge in [-0.15, -0.1) is 5.10 Å². The van der Waals surface area contributed by atoms with Gasteiger partial charge in [0.05, 0.1) is 25.4 Å². The highest BCUT2D eigenvalue weighted by molar-refractivity contribution is 5.92. The minimum absolute atomic E-state index is 0.00672. The quantitative estimate of drug-likeness (QED) is 0.719. The smallest absolute Gasteiger partial charge is 0.273 e. The highest BCUT2D eigenvalue weighted by Gasteiger charge is 2.29. The maximum atomic E-state index is 12.6. The van der Waals surface area contributed by atoms with E-state index in [-0.39, 0.29) is 30.5 Å². The number of carbonyl (C=O) groups is 2. The summed E-state index contributed by atoms with van der Waals surface area (Å²) in [7, 11) is 0. The molecule has 2 fully saturated rings. The van der Waals surface area contributed by atoms with Crippen molar-refractivity contribution in [2.24, 2.45) is 0 Å². The summed E-state index contributed by atoms with van der Waals surface area (Å²) in [6, 6.07) is 10.1. The van der Waals surface area contributed by atoms with Crippen LogP contribution in [0.3, 0.4) is 0 Å². The predicted octanol–water partition coefficient (Wildman–Crippen LogP) is 2.16. The summed E-state index contributed by atoms with van der Waals surface area (Å²) in [6.07, 6.45) is 7.94. The van der Waals surface area contributed by atoms with E-state index in [1.54, 1.807) is 10.9 Å². The Kier molecular flexibility index (Phi) is 6.74. The van der Waals surface area contributed by atoms with Crippen molar-refractivity contribution in [3.8, 4) is 0 Å². The monoisotopic (exact) mass is 411 g/mol. The molecule has 0 spiro atoms. The third-order valence-corrected chi connectivity index (χ3v) is 5.89. The van der Waals surface area contributed by atoms with E-state index in [1.165, 1.54) is 0 Å². The topological polar surface area (TPSA) is 89.4 Å². The first kappa shape index (κ1) is 20.5.